The minimum Gasteiger partial charge on any atom is -0.335 e. The van der Waals surface area contributed by atoms with Gasteiger partial charge < -0.3 is 10.7 Å². The van der Waals surface area contributed by atoms with Gasteiger partial charge in [0.15, 0.2) is 0 Å². The summed E-state index contributed by atoms with van der Waals surface area (Å²) in [5.74, 6) is 0.857. The van der Waals surface area contributed by atoms with E-state index in [1.165, 1.54) is 49.7 Å². The number of aromatic nitrogens is 2. The van der Waals surface area contributed by atoms with Gasteiger partial charge in [-0.3, -0.25) is 4.99 Å². The molecule has 1 aliphatic heterocycles. The van der Waals surface area contributed by atoms with E-state index in [9.17, 15) is 0 Å². The van der Waals surface area contributed by atoms with Crippen LogP contribution in [0.25, 0.3) is 5.57 Å². The highest BCUT2D eigenvalue weighted by Gasteiger charge is 2.12. The molecule has 3 N–H and O–H groups in total. The van der Waals surface area contributed by atoms with Crippen LogP contribution in [0, 0.1) is 3.70 Å². The van der Waals surface area contributed by atoms with Crippen molar-refractivity contribution in [3.63, 3.8) is 0 Å². The van der Waals surface area contributed by atoms with Gasteiger partial charge in [-0.1, -0.05) is 103 Å². The van der Waals surface area contributed by atoms with E-state index < -0.39 is 0 Å². The largest absolute Gasteiger partial charge is 0.335 e. The highest BCUT2D eigenvalue weighted by Crippen LogP contribution is 2.23. The Kier molecular flexibility index (Phi) is 17.9. The molecule has 1 aliphatic carbocycles. The topological polar surface area (TPSA) is 67.1 Å². The summed E-state index contributed by atoms with van der Waals surface area (Å²) in [6, 6.07) is 16.5. The molecule has 0 bridgehead atoms. The minimum atomic E-state index is 0.635. The number of hydrogen-bond donors (Lipinski definition) is 2. The number of halogens is 1. The first-order chi connectivity index (χ1) is 17.3. The quantitative estimate of drug-likeness (QED) is 0.351. The van der Waals surface area contributed by atoms with Gasteiger partial charge in [-0.2, -0.15) is 0 Å². The third-order valence-corrected chi connectivity index (χ3v) is 6.08. The Morgan fingerprint density at radius 3 is 2.03 bits per heavy atom. The summed E-state index contributed by atoms with van der Waals surface area (Å²) in [6.45, 7) is 8.63. The van der Waals surface area contributed by atoms with Crippen molar-refractivity contribution >= 4 is 33.9 Å². The Labute approximate surface area is 227 Å². The smallest absolute Gasteiger partial charge is 0.135 e. The lowest BCUT2D eigenvalue weighted by atomic mass is 10.00. The minimum absolute atomic E-state index is 0.635. The lowest BCUT2D eigenvalue weighted by Crippen LogP contribution is -2.06. The highest BCUT2D eigenvalue weighted by atomic mass is 127. The molecule has 2 heterocycles. The molecule has 0 spiro atoms. The predicted molar refractivity (Wildman–Crippen MR) is 162 cm³/mol. The molecule has 0 atom stereocenters. The molecule has 0 unspecified atom stereocenters. The molecule has 2 aliphatic rings. The molecule has 35 heavy (non-hydrogen) atoms. The summed E-state index contributed by atoms with van der Waals surface area (Å²) in [4.78, 5) is 12.6. The average Bonchev–Trinajstić information content (AvgIpc) is 3.03. The van der Waals surface area contributed by atoms with Crippen molar-refractivity contribution in [2.75, 3.05) is 6.54 Å². The molecular formula is C30H45IN4. The van der Waals surface area contributed by atoms with Crippen molar-refractivity contribution in [3.05, 3.63) is 81.6 Å². The number of nitrogens with two attached hydrogens (primary N) is 1. The van der Waals surface area contributed by atoms with Gasteiger partial charge in [-0.15, -0.1) is 0 Å². The predicted octanol–water partition coefficient (Wildman–Crippen LogP) is 8.66. The molecule has 1 fully saturated rings. The van der Waals surface area contributed by atoms with Crippen LogP contribution in [0.15, 0.2) is 65.9 Å². The summed E-state index contributed by atoms with van der Waals surface area (Å²) >= 11 is 2.29. The van der Waals surface area contributed by atoms with E-state index in [4.69, 9.17) is 5.73 Å². The lowest BCUT2D eigenvalue weighted by Gasteiger charge is -2.13. The van der Waals surface area contributed by atoms with E-state index in [0.717, 1.165) is 40.1 Å². The van der Waals surface area contributed by atoms with Crippen LogP contribution in [-0.2, 0) is 6.42 Å². The fourth-order valence-electron chi connectivity index (χ4n) is 3.79. The number of allylic oxidation sites excluding steroid dienone is 1. The number of aromatic amines is 1. The van der Waals surface area contributed by atoms with Crippen molar-refractivity contribution in [3.8, 4) is 0 Å². The summed E-state index contributed by atoms with van der Waals surface area (Å²) in [5.41, 5.74) is 10.3. The van der Waals surface area contributed by atoms with Crippen molar-refractivity contribution < 1.29 is 0 Å². The summed E-state index contributed by atoms with van der Waals surface area (Å²) in [5, 5.41) is 0. The van der Waals surface area contributed by atoms with E-state index in [0.29, 0.717) is 6.54 Å². The van der Waals surface area contributed by atoms with Gasteiger partial charge in [-0.05, 0) is 71.7 Å². The van der Waals surface area contributed by atoms with Gasteiger partial charge in [0, 0.05) is 23.7 Å². The maximum Gasteiger partial charge on any atom is 0.135 e. The number of benzene rings is 1. The van der Waals surface area contributed by atoms with Gasteiger partial charge in [-0.25, -0.2) is 4.98 Å². The van der Waals surface area contributed by atoms with Gasteiger partial charge in [0.05, 0.1) is 3.70 Å². The maximum absolute atomic E-state index is 5.67. The number of nitrogens with zero attached hydrogens (tertiary/aromatic N) is 2. The fraction of sp³-hybridized carbons (Fsp3) is 0.467. The van der Waals surface area contributed by atoms with Crippen molar-refractivity contribution in [2.24, 2.45) is 10.7 Å². The normalized spacial score (nSPS) is 14.2. The van der Waals surface area contributed by atoms with Crippen LogP contribution in [0.5, 0.6) is 0 Å². The van der Waals surface area contributed by atoms with E-state index >= 15 is 0 Å². The van der Waals surface area contributed by atoms with E-state index in [-0.39, 0.29) is 0 Å². The van der Waals surface area contributed by atoms with Crippen molar-refractivity contribution in [1.29, 1.82) is 0 Å². The summed E-state index contributed by atoms with van der Waals surface area (Å²) in [6.07, 6.45) is 15.4. The maximum atomic E-state index is 5.67. The van der Waals surface area contributed by atoms with Crippen LogP contribution >= 0.6 is 22.6 Å². The Morgan fingerprint density at radius 2 is 1.49 bits per heavy atom. The molecule has 0 radical (unpaired) electrons. The third kappa shape index (κ3) is 12.5. The molecule has 1 aromatic heterocycles. The van der Waals surface area contributed by atoms with E-state index in [2.05, 4.69) is 61.8 Å². The Bertz CT molecular complexity index is 915. The first kappa shape index (κ1) is 31.0. The molecule has 0 saturated heterocycles. The standard InChI is InChI=1S/C20H21IN4.C6H12.2C2H6/c21-19-13-15(10-11-22)5-4-12-23-20(25-19)17-8-9-18(24-14-17)16-6-2-1-3-7-16;1-2-4-6-5-3-1;2*1-2/h1-7,12-14H,8-11,22H2,(H,23,25);1-6H2;2*1-2H3. The summed E-state index contributed by atoms with van der Waals surface area (Å²) in [7, 11) is 0. The zero-order valence-corrected chi connectivity index (χ0v) is 24.4. The SMILES string of the molecule is C1CCCCC1.CC.CC.NCCc1cccnc(C2=CN=C(c3ccccc3)CC2)[nH]c(I)c1. The van der Waals surface area contributed by atoms with Crippen LogP contribution < -0.4 is 5.73 Å². The number of H-pyrrole nitrogens is 1. The zero-order valence-electron chi connectivity index (χ0n) is 22.2. The molecule has 1 saturated carbocycles. The zero-order chi connectivity index (χ0) is 25.7. The van der Waals surface area contributed by atoms with Gasteiger partial charge in [0.1, 0.15) is 5.82 Å². The molecule has 5 heteroatoms. The third-order valence-electron chi connectivity index (χ3n) is 5.50. The van der Waals surface area contributed by atoms with Gasteiger partial charge in [0.25, 0.3) is 0 Å². The second-order valence-corrected chi connectivity index (χ2v) is 9.10. The molecule has 4 rings (SSSR count). The molecule has 0 amide bonds. The van der Waals surface area contributed by atoms with Gasteiger partial charge in [0.2, 0.25) is 0 Å². The molecule has 1 aromatic carbocycles. The summed E-state index contributed by atoms with van der Waals surface area (Å²) < 4.78 is 1.03. The number of hydrogen-bond acceptors (Lipinski definition) is 3. The van der Waals surface area contributed by atoms with Crippen LogP contribution in [0.1, 0.15) is 96.0 Å². The molecular weight excluding hydrogens is 543 g/mol. The Hall–Kier alpha value is -1.99. The highest BCUT2D eigenvalue weighted by molar-refractivity contribution is 14.1. The average molecular weight is 589 g/mol. The monoisotopic (exact) mass is 588 g/mol. The second-order valence-electron chi connectivity index (χ2n) is 7.93. The van der Waals surface area contributed by atoms with Crippen molar-refractivity contribution in [2.45, 2.75) is 85.5 Å². The van der Waals surface area contributed by atoms with Crippen LogP contribution in [-0.4, -0.2) is 22.2 Å². The van der Waals surface area contributed by atoms with Crippen LogP contribution in [0.2, 0.25) is 0 Å². The van der Waals surface area contributed by atoms with Crippen molar-refractivity contribution in [1.82, 2.24) is 9.97 Å². The van der Waals surface area contributed by atoms with E-state index in [1.807, 2.05) is 64.4 Å². The second kappa shape index (κ2) is 20.2. The molecule has 2 aromatic rings. The first-order valence-electron chi connectivity index (χ1n) is 13.4. The molecule has 4 nitrogen and oxygen atoms in total. The van der Waals surface area contributed by atoms with Gasteiger partial charge >= 0.3 is 0 Å². The molecule has 192 valence electrons. The number of aliphatic imine (C=N–C) groups is 1. The van der Waals surface area contributed by atoms with Crippen LogP contribution in [0.3, 0.4) is 0 Å². The number of rotatable bonds is 4. The van der Waals surface area contributed by atoms with E-state index in [1.54, 1.807) is 0 Å². The lowest BCUT2D eigenvalue weighted by molar-refractivity contribution is 0.504. The first-order valence-corrected chi connectivity index (χ1v) is 14.4. The Balaban J connectivity index is 0.000000519. The van der Waals surface area contributed by atoms with Crippen LogP contribution in [0.4, 0.5) is 0 Å². The Morgan fingerprint density at radius 1 is 0.857 bits per heavy atom. The number of nitrogens with one attached hydrogen (secondary N) is 1. The fourth-order valence-corrected chi connectivity index (χ4v) is 4.44.